The number of nitrogens with one attached hydrogen (secondary N) is 2. The summed E-state index contributed by atoms with van der Waals surface area (Å²) in [7, 11) is -3.61. The van der Waals surface area contributed by atoms with E-state index in [0.717, 1.165) is 9.37 Å². The van der Waals surface area contributed by atoms with E-state index in [0.29, 0.717) is 5.69 Å². The summed E-state index contributed by atoms with van der Waals surface area (Å²) in [5, 5.41) is 2.74. The number of hydrogen-bond acceptors (Lipinski definition) is 4. The van der Waals surface area contributed by atoms with Crippen molar-refractivity contribution in [2.75, 3.05) is 18.1 Å². The average molecular weight is 429 g/mol. The largest absolute Gasteiger partial charge is 0.326 e. The fraction of sp³-hybridized carbons (Fsp3) is 0.188. The van der Waals surface area contributed by atoms with Crippen molar-refractivity contribution in [1.82, 2.24) is 4.72 Å². The number of thioether (sulfide) groups is 1. The molecule has 0 saturated heterocycles. The van der Waals surface area contributed by atoms with Crippen LogP contribution in [0, 0.1) is 0 Å². The van der Waals surface area contributed by atoms with E-state index in [-0.39, 0.29) is 23.8 Å². The molecule has 0 spiro atoms. The van der Waals surface area contributed by atoms with E-state index in [9.17, 15) is 13.2 Å². The molecule has 2 aromatic rings. The molecular formula is C16H17BrN2O3S2. The smallest absolute Gasteiger partial charge is 0.240 e. The molecule has 0 saturated carbocycles. The van der Waals surface area contributed by atoms with Crippen LogP contribution < -0.4 is 10.0 Å². The Morgan fingerprint density at radius 2 is 1.71 bits per heavy atom. The van der Waals surface area contributed by atoms with Crippen molar-refractivity contribution in [2.45, 2.75) is 16.2 Å². The molecule has 0 fully saturated rings. The number of anilines is 1. The molecular weight excluding hydrogens is 412 g/mol. The maximum atomic E-state index is 12.1. The van der Waals surface area contributed by atoms with E-state index < -0.39 is 10.0 Å². The van der Waals surface area contributed by atoms with Crippen LogP contribution in [0.3, 0.4) is 0 Å². The number of hydrogen-bond donors (Lipinski definition) is 2. The van der Waals surface area contributed by atoms with E-state index >= 15 is 0 Å². The molecule has 0 aliphatic heterocycles. The number of amides is 1. The van der Waals surface area contributed by atoms with Crippen LogP contribution in [0.25, 0.3) is 0 Å². The van der Waals surface area contributed by atoms with Gasteiger partial charge in [-0.1, -0.05) is 15.9 Å². The molecule has 0 atom stereocenters. The summed E-state index contributed by atoms with van der Waals surface area (Å²) in [6.07, 6.45) is 2.03. The molecule has 0 heterocycles. The predicted molar refractivity (Wildman–Crippen MR) is 101 cm³/mol. The number of benzene rings is 2. The molecule has 0 aliphatic carbocycles. The zero-order chi connectivity index (χ0) is 17.6. The molecule has 5 nitrogen and oxygen atoms in total. The number of sulfonamides is 1. The fourth-order valence-electron chi connectivity index (χ4n) is 1.89. The Morgan fingerprint density at radius 3 is 2.29 bits per heavy atom. The Morgan fingerprint density at radius 1 is 1.08 bits per heavy atom. The van der Waals surface area contributed by atoms with Gasteiger partial charge in [0.15, 0.2) is 0 Å². The number of rotatable bonds is 7. The van der Waals surface area contributed by atoms with Gasteiger partial charge in [-0.3, -0.25) is 4.79 Å². The molecule has 2 rings (SSSR count). The molecule has 8 heteroatoms. The molecule has 0 unspecified atom stereocenters. The Hall–Kier alpha value is -1.35. The molecule has 0 aliphatic rings. The number of halogens is 1. The first-order chi connectivity index (χ1) is 11.4. The minimum absolute atomic E-state index is 0.0348. The van der Waals surface area contributed by atoms with Crippen molar-refractivity contribution >= 4 is 49.3 Å². The van der Waals surface area contributed by atoms with Crippen LogP contribution in [0.5, 0.6) is 0 Å². The molecule has 24 heavy (non-hydrogen) atoms. The quantitative estimate of drug-likeness (QED) is 0.661. The Bertz CT molecular complexity index is 791. The third kappa shape index (κ3) is 5.62. The lowest BCUT2D eigenvalue weighted by Gasteiger charge is -2.08. The van der Waals surface area contributed by atoms with E-state index in [2.05, 4.69) is 26.0 Å². The SMILES string of the molecule is CSc1ccc(NC(=O)CCNS(=O)(=O)c2ccc(Br)cc2)cc1. The van der Waals surface area contributed by atoms with Crippen LogP contribution in [0.1, 0.15) is 6.42 Å². The fourth-order valence-corrected chi connectivity index (χ4v) is 3.60. The lowest BCUT2D eigenvalue weighted by Crippen LogP contribution is -2.27. The van der Waals surface area contributed by atoms with Crippen LogP contribution in [-0.4, -0.2) is 27.1 Å². The second kappa shape index (κ2) is 8.66. The second-order valence-electron chi connectivity index (χ2n) is 4.88. The molecule has 2 N–H and O–H groups in total. The first kappa shape index (κ1) is 19.0. The zero-order valence-corrected chi connectivity index (χ0v) is 16.2. The van der Waals surface area contributed by atoms with Crippen LogP contribution >= 0.6 is 27.7 Å². The Labute approximate surface area is 154 Å². The second-order valence-corrected chi connectivity index (χ2v) is 8.44. The van der Waals surface area contributed by atoms with Crippen molar-refractivity contribution < 1.29 is 13.2 Å². The monoisotopic (exact) mass is 428 g/mol. The molecule has 2 aromatic carbocycles. The van der Waals surface area contributed by atoms with Crippen molar-refractivity contribution in [3.8, 4) is 0 Å². The third-order valence-electron chi connectivity index (χ3n) is 3.14. The standard InChI is InChI=1S/C16H17BrN2O3S2/c1-23-14-6-4-13(5-7-14)19-16(20)10-11-18-24(21,22)15-8-2-12(17)3-9-15/h2-9,18H,10-11H2,1H3,(H,19,20). The summed E-state index contributed by atoms with van der Waals surface area (Å²) >= 11 is 4.87. The highest BCUT2D eigenvalue weighted by molar-refractivity contribution is 9.10. The van der Waals surface area contributed by atoms with Crippen molar-refractivity contribution in [1.29, 1.82) is 0 Å². The van der Waals surface area contributed by atoms with Gasteiger partial charge in [0, 0.05) is 28.0 Å². The highest BCUT2D eigenvalue weighted by atomic mass is 79.9. The molecule has 128 valence electrons. The summed E-state index contributed by atoms with van der Waals surface area (Å²) in [4.78, 5) is 13.1. The number of carbonyl (C=O) groups excluding carboxylic acids is 1. The highest BCUT2D eigenvalue weighted by Gasteiger charge is 2.14. The minimum atomic E-state index is -3.61. The van der Waals surface area contributed by atoms with Crippen LogP contribution in [0.2, 0.25) is 0 Å². The third-order valence-corrected chi connectivity index (χ3v) is 5.89. The summed E-state index contributed by atoms with van der Waals surface area (Å²) in [5.41, 5.74) is 0.688. The van der Waals surface area contributed by atoms with E-state index in [1.54, 1.807) is 23.9 Å². The molecule has 0 bridgehead atoms. The van der Waals surface area contributed by atoms with Crippen LogP contribution in [0.4, 0.5) is 5.69 Å². The minimum Gasteiger partial charge on any atom is -0.326 e. The van der Waals surface area contributed by atoms with E-state index in [1.165, 1.54) is 12.1 Å². The summed E-state index contributed by atoms with van der Waals surface area (Å²) in [6, 6.07) is 13.8. The van der Waals surface area contributed by atoms with Crippen LogP contribution in [0.15, 0.2) is 62.8 Å². The summed E-state index contributed by atoms with van der Waals surface area (Å²) in [6.45, 7) is 0.0348. The summed E-state index contributed by atoms with van der Waals surface area (Å²) in [5.74, 6) is -0.245. The van der Waals surface area contributed by atoms with E-state index in [4.69, 9.17) is 0 Å². The zero-order valence-electron chi connectivity index (χ0n) is 13.0. The maximum absolute atomic E-state index is 12.1. The maximum Gasteiger partial charge on any atom is 0.240 e. The topological polar surface area (TPSA) is 75.3 Å². The van der Waals surface area contributed by atoms with Crippen molar-refractivity contribution in [2.24, 2.45) is 0 Å². The first-order valence-corrected chi connectivity index (χ1v) is 10.6. The van der Waals surface area contributed by atoms with Gasteiger partial charge in [-0.25, -0.2) is 13.1 Å². The molecule has 0 radical (unpaired) electrons. The highest BCUT2D eigenvalue weighted by Crippen LogP contribution is 2.17. The normalized spacial score (nSPS) is 11.2. The Balaban J connectivity index is 1.84. The van der Waals surface area contributed by atoms with Crippen molar-refractivity contribution in [3.05, 3.63) is 53.0 Å². The first-order valence-electron chi connectivity index (χ1n) is 7.10. The van der Waals surface area contributed by atoms with Crippen molar-refractivity contribution in [3.63, 3.8) is 0 Å². The van der Waals surface area contributed by atoms with Gasteiger partial charge in [0.25, 0.3) is 0 Å². The van der Waals surface area contributed by atoms with Crippen LogP contribution in [-0.2, 0) is 14.8 Å². The average Bonchev–Trinajstić information content (AvgIpc) is 2.56. The van der Waals surface area contributed by atoms with Gasteiger partial charge in [0.05, 0.1) is 4.90 Å². The Kier molecular flexibility index (Phi) is 6.85. The number of carbonyl (C=O) groups is 1. The van der Waals surface area contributed by atoms with Gasteiger partial charge in [0.1, 0.15) is 0 Å². The van der Waals surface area contributed by atoms with Gasteiger partial charge in [0.2, 0.25) is 15.9 Å². The van der Waals surface area contributed by atoms with Gasteiger partial charge in [-0.2, -0.15) is 0 Å². The summed E-state index contributed by atoms with van der Waals surface area (Å²) < 4.78 is 27.4. The van der Waals surface area contributed by atoms with E-state index in [1.807, 2.05) is 30.5 Å². The van der Waals surface area contributed by atoms with Gasteiger partial charge in [-0.15, -0.1) is 11.8 Å². The molecule has 1 amide bonds. The lowest BCUT2D eigenvalue weighted by atomic mass is 10.3. The van der Waals surface area contributed by atoms with Gasteiger partial charge < -0.3 is 5.32 Å². The van der Waals surface area contributed by atoms with Gasteiger partial charge in [-0.05, 0) is 54.8 Å². The predicted octanol–water partition coefficient (Wildman–Crippen LogP) is 3.48. The lowest BCUT2D eigenvalue weighted by molar-refractivity contribution is -0.116. The van der Waals surface area contributed by atoms with Gasteiger partial charge >= 0.3 is 0 Å². The molecule has 0 aromatic heterocycles.